The molecule has 0 aliphatic carbocycles. The number of carbonyl (C=O) groups excluding carboxylic acids is 1. The number of benzene rings is 1. The number of hydrogen-bond acceptors (Lipinski definition) is 3. The van der Waals surface area contributed by atoms with E-state index in [1.165, 1.54) is 12.1 Å². The van der Waals surface area contributed by atoms with Crippen LogP contribution in [0.25, 0.3) is 22.2 Å². The molecule has 1 amide bonds. The van der Waals surface area contributed by atoms with Gasteiger partial charge in [0.2, 0.25) is 0 Å². The second-order valence-electron chi connectivity index (χ2n) is 8.01. The monoisotopic (exact) mass is 403 g/mol. The van der Waals surface area contributed by atoms with Crippen molar-refractivity contribution in [2.75, 3.05) is 6.54 Å². The van der Waals surface area contributed by atoms with E-state index in [9.17, 15) is 9.18 Å². The Morgan fingerprint density at radius 2 is 2.03 bits per heavy atom. The Hall–Kier alpha value is -3.48. The molecule has 0 bridgehead atoms. The molecular weight excluding hydrogens is 381 g/mol. The maximum absolute atomic E-state index is 13.2. The first-order valence-corrected chi connectivity index (χ1v) is 10.1. The molecule has 30 heavy (non-hydrogen) atoms. The van der Waals surface area contributed by atoms with Gasteiger partial charge >= 0.3 is 0 Å². The number of likely N-dealkylation sites (tertiary alicyclic amines) is 1. The van der Waals surface area contributed by atoms with Crippen molar-refractivity contribution in [2.45, 2.75) is 25.9 Å². The Bertz CT molecular complexity index is 1180. The van der Waals surface area contributed by atoms with Crippen LogP contribution < -0.4 is 0 Å². The Morgan fingerprint density at radius 1 is 1.20 bits per heavy atom. The molecule has 0 radical (unpaired) electrons. The minimum absolute atomic E-state index is 0.0368. The Balaban J connectivity index is 1.32. The van der Waals surface area contributed by atoms with E-state index < -0.39 is 0 Å². The van der Waals surface area contributed by atoms with Gasteiger partial charge in [-0.25, -0.2) is 9.37 Å². The first kappa shape index (κ1) is 18.5. The average Bonchev–Trinajstić information content (AvgIpc) is 3.49. The summed E-state index contributed by atoms with van der Waals surface area (Å²) in [6.07, 6.45) is 8.50. The van der Waals surface area contributed by atoms with Crippen LogP contribution in [-0.4, -0.2) is 43.1 Å². The summed E-state index contributed by atoms with van der Waals surface area (Å²) < 4.78 is 15.3. The highest BCUT2D eigenvalue weighted by molar-refractivity contribution is 5.94. The standard InChI is InChI=1S/C23H22FN5O/c1-15-8-16(14-29(15)23(30)17-2-4-21(24)5-3-17)13-28-7-6-18-9-19(10-25-22(18)28)20-11-26-27-12-20/h2-7,9-12,15-16H,8,13-14H2,1H3,(H,26,27)/t15-,16?/m1/s1. The maximum atomic E-state index is 13.2. The number of fused-ring (bicyclic) bond motifs is 1. The predicted octanol–water partition coefficient (Wildman–Crippen LogP) is 4.12. The Morgan fingerprint density at radius 3 is 2.80 bits per heavy atom. The van der Waals surface area contributed by atoms with E-state index in [0.29, 0.717) is 18.0 Å². The first-order valence-electron chi connectivity index (χ1n) is 10.1. The molecule has 1 N–H and O–H groups in total. The van der Waals surface area contributed by atoms with Crippen molar-refractivity contribution in [1.29, 1.82) is 0 Å². The van der Waals surface area contributed by atoms with Crippen LogP contribution in [0.15, 0.2) is 61.2 Å². The summed E-state index contributed by atoms with van der Waals surface area (Å²) >= 11 is 0. The quantitative estimate of drug-likeness (QED) is 0.557. The van der Waals surface area contributed by atoms with E-state index in [1.54, 1.807) is 18.3 Å². The minimum Gasteiger partial charge on any atom is -0.336 e. The lowest BCUT2D eigenvalue weighted by molar-refractivity contribution is 0.0742. The van der Waals surface area contributed by atoms with E-state index in [2.05, 4.69) is 45.0 Å². The zero-order valence-electron chi connectivity index (χ0n) is 16.6. The fourth-order valence-electron chi connectivity index (χ4n) is 4.39. The number of H-pyrrole nitrogens is 1. The molecule has 6 nitrogen and oxygen atoms in total. The number of halogens is 1. The van der Waals surface area contributed by atoms with E-state index in [0.717, 1.165) is 35.1 Å². The molecule has 4 aromatic rings. The smallest absolute Gasteiger partial charge is 0.254 e. The summed E-state index contributed by atoms with van der Waals surface area (Å²) in [6.45, 7) is 3.56. The number of rotatable bonds is 4. The van der Waals surface area contributed by atoms with Crippen molar-refractivity contribution in [3.05, 3.63) is 72.6 Å². The number of amides is 1. The summed E-state index contributed by atoms with van der Waals surface area (Å²) in [6, 6.07) is 10.1. The van der Waals surface area contributed by atoms with Gasteiger partial charge in [-0.15, -0.1) is 0 Å². The van der Waals surface area contributed by atoms with Crippen LogP contribution in [0.4, 0.5) is 4.39 Å². The van der Waals surface area contributed by atoms with Crippen LogP contribution in [0, 0.1) is 11.7 Å². The molecule has 1 aliphatic rings. The number of nitrogens with one attached hydrogen (secondary N) is 1. The number of aromatic amines is 1. The van der Waals surface area contributed by atoms with E-state index in [4.69, 9.17) is 0 Å². The summed E-state index contributed by atoms with van der Waals surface area (Å²) in [4.78, 5) is 19.4. The lowest BCUT2D eigenvalue weighted by Gasteiger charge is -2.21. The van der Waals surface area contributed by atoms with Crippen LogP contribution in [0.3, 0.4) is 0 Å². The van der Waals surface area contributed by atoms with Gasteiger partial charge in [0.25, 0.3) is 5.91 Å². The second kappa shape index (κ2) is 7.40. The molecule has 152 valence electrons. The van der Waals surface area contributed by atoms with Crippen molar-refractivity contribution in [3.63, 3.8) is 0 Å². The van der Waals surface area contributed by atoms with Crippen molar-refractivity contribution < 1.29 is 9.18 Å². The molecule has 1 saturated heterocycles. The summed E-state index contributed by atoms with van der Waals surface area (Å²) in [7, 11) is 0. The predicted molar refractivity (Wildman–Crippen MR) is 112 cm³/mol. The number of nitrogens with zero attached hydrogens (tertiary/aromatic N) is 4. The third-order valence-corrected chi connectivity index (χ3v) is 5.90. The van der Waals surface area contributed by atoms with Gasteiger partial charge in [0.15, 0.2) is 0 Å². The SMILES string of the molecule is C[C@@H]1CC(Cn2ccc3cc(-c4cn[nH]c4)cnc32)CN1C(=O)c1ccc(F)cc1. The van der Waals surface area contributed by atoms with Gasteiger partial charge in [0.05, 0.1) is 6.20 Å². The maximum Gasteiger partial charge on any atom is 0.254 e. The summed E-state index contributed by atoms with van der Waals surface area (Å²) in [5.74, 6) is -0.0256. The fourth-order valence-corrected chi connectivity index (χ4v) is 4.39. The normalized spacial score (nSPS) is 18.9. The van der Waals surface area contributed by atoms with Crippen molar-refractivity contribution in [1.82, 2.24) is 24.6 Å². The highest BCUT2D eigenvalue weighted by atomic mass is 19.1. The van der Waals surface area contributed by atoms with E-state index in [1.807, 2.05) is 17.3 Å². The van der Waals surface area contributed by atoms with Gasteiger partial charge in [-0.05, 0) is 55.7 Å². The van der Waals surface area contributed by atoms with Gasteiger partial charge < -0.3 is 9.47 Å². The average molecular weight is 403 g/mol. The van der Waals surface area contributed by atoms with Crippen LogP contribution >= 0.6 is 0 Å². The highest BCUT2D eigenvalue weighted by Gasteiger charge is 2.33. The number of pyridine rings is 1. The van der Waals surface area contributed by atoms with Gasteiger partial charge in [0.1, 0.15) is 11.5 Å². The lowest BCUT2D eigenvalue weighted by atomic mass is 10.1. The van der Waals surface area contributed by atoms with Gasteiger partial charge in [0, 0.05) is 59.8 Å². The summed E-state index contributed by atoms with van der Waals surface area (Å²) in [5.41, 5.74) is 3.51. The zero-order chi connectivity index (χ0) is 20.7. The van der Waals surface area contributed by atoms with Crippen molar-refractivity contribution >= 4 is 16.9 Å². The molecule has 1 aromatic carbocycles. The molecule has 2 atom stereocenters. The van der Waals surface area contributed by atoms with Gasteiger partial charge in [-0.2, -0.15) is 5.10 Å². The van der Waals surface area contributed by atoms with Gasteiger partial charge in [-0.3, -0.25) is 9.89 Å². The molecule has 1 unspecified atom stereocenters. The molecule has 5 rings (SSSR count). The zero-order valence-corrected chi connectivity index (χ0v) is 16.6. The Labute approximate surface area is 173 Å². The molecule has 1 aliphatic heterocycles. The number of carbonyl (C=O) groups is 1. The Kier molecular flexibility index (Phi) is 4.58. The highest BCUT2D eigenvalue weighted by Crippen LogP contribution is 2.28. The largest absolute Gasteiger partial charge is 0.336 e. The molecule has 0 spiro atoms. The topological polar surface area (TPSA) is 66.8 Å². The molecular formula is C23H22FN5O. The third kappa shape index (κ3) is 3.36. The van der Waals surface area contributed by atoms with Crippen LogP contribution in [0.1, 0.15) is 23.7 Å². The fraction of sp³-hybridized carbons (Fsp3) is 0.261. The molecule has 4 heterocycles. The molecule has 7 heteroatoms. The molecule has 1 fully saturated rings. The summed E-state index contributed by atoms with van der Waals surface area (Å²) in [5, 5.41) is 7.91. The van der Waals surface area contributed by atoms with Crippen molar-refractivity contribution in [3.8, 4) is 11.1 Å². The van der Waals surface area contributed by atoms with Crippen molar-refractivity contribution in [2.24, 2.45) is 5.92 Å². The second-order valence-corrected chi connectivity index (χ2v) is 8.01. The van der Waals surface area contributed by atoms with E-state index in [-0.39, 0.29) is 17.8 Å². The minimum atomic E-state index is -0.332. The first-order chi connectivity index (χ1) is 14.6. The van der Waals surface area contributed by atoms with Crippen LogP contribution in [-0.2, 0) is 6.54 Å². The van der Waals surface area contributed by atoms with E-state index >= 15 is 0 Å². The lowest BCUT2D eigenvalue weighted by Crippen LogP contribution is -2.34. The number of hydrogen-bond donors (Lipinski definition) is 1. The van der Waals surface area contributed by atoms with Crippen LogP contribution in [0.2, 0.25) is 0 Å². The third-order valence-electron chi connectivity index (χ3n) is 5.90. The molecule has 3 aromatic heterocycles. The number of aromatic nitrogens is 4. The van der Waals surface area contributed by atoms with Crippen LogP contribution in [0.5, 0.6) is 0 Å². The van der Waals surface area contributed by atoms with Gasteiger partial charge in [-0.1, -0.05) is 0 Å². The molecule has 0 saturated carbocycles.